The summed E-state index contributed by atoms with van der Waals surface area (Å²) in [5.74, 6) is 2.47. The first-order valence-electron chi connectivity index (χ1n) is 6.91. The highest BCUT2D eigenvalue weighted by Gasteiger charge is 2.16. The molecule has 0 atom stereocenters. The fourth-order valence-corrected chi connectivity index (χ4v) is 2.48. The largest absolute Gasteiger partial charge is 0.507 e. The van der Waals surface area contributed by atoms with Gasteiger partial charge in [0, 0.05) is 12.1 Å². The van der Waals surface area contributed by atoms with Crippen molar-refractivity contribution >= 4 is 0 Å². The highest BCUT2D eigenvalue weighted by atomic mass is 16.3. The topological polar surface area (TPSA) is 32.3 Å². The van der Waals surface area contributed by atoms with Crippen molar-refractivity contribution in [1.29, 1.82) is 0 Å². The summed E-state index contributed by atoms with van der Waals surface area (Å²) in [4.78, 5) is 0. The molecule has 0 amide bonds. The van der Waals surface area contributed by atoms with E-state index in [4.69, 9.17) is 0 Å². The lowest BCUT2D eigenvalue weighted by Gasteiger charge is -2.25. The molecule has 0 aromatic heterocycles. The predicted molar refractivity (Wildman–Crippen MR) is 77.7 cm³/mol. The maximum Gasteiger partial charge on any atom is 0.122 e. The van der Waals surface area contributed by atoms with Crippen LogP contribution in [0.3, 0.4) is 0 Å². The molecule has 1 aromatic carbocycles. The van der Waals surface area contributed by atoms with E-state index in [1.165, 1.54) is 0 Å². The Bertz CT molecular complexity index is 363. The molecule has 2 N–H and O–H groups in total. The number of para-hydroxylation sites is 1. The van der Waals surface area contributed by atoms with Gasteiger partial charge in [0.25, 0.3) is 0 Å². The molecule has 0 spiro atoms. The number of phenols is 1. The molecular formula is C16H27NO. The van der Waals surface area contributed by atoms with E-state index in [-0.39, 0.29) is 0 Å². The average Bonchev–Trinajstić information content (AvgIpc) is 2.28. The molecule has 102 valence electrons. The molecule has 0 aliphatic carbocycles. The van der Waals surface area contributed by atoms with Crippen molar-refractivity contribution in [3.05, 3.63) is 29.3 Å². The molecule has 18 heavy (non-hydrogen) atoms. The van der Waals surface area contributed by atoms with E-state index in [0.717, 1.165) is 24.2 Å². The Morgan fingerprint density at radius 1 is 1.11 bits per heavy atom. The summed E-state index contributed by atoms with van der Waals surface area (Å²) in [6.45, 7) is 12.8. The lowest BCUT2D eigenvalue weighted by atomic mass is 9.85. The van der Waals surface area contributed by atoms with Gasteiger partial charge in [0.2, 0.25) is 0 Å². The van der Waals surface area contributed by atoms with Crippen molar-refractivity contribution in [3.8, 4) is 5.75 Å². The Morgan fingerprint density at radius 3 is 2.28 bits per heavy atom. The summed E-state index contributed by atoms with van der Waals surface area (Å²) >= 11 is 0. The van der Waals surface area contributed by atoms with Gasteiger partial charge in [-0.1, -0.05) is 45.9 Å². The van der Waals surface area contributed by atoms with Gasteiger partial charge in [0.05, 0.1) is 0 Å². The average molecular weight is 249 g/mol. The van der Waals surface area contributed by atoms with Crippen LogP contribution in [0, 0.1) is 24.7 Å². The minimum atomic E-state index is 0.427. The lowest BCUT2D eigenvalue weighted by Crippen LogP contribution is -2.29. The predicted octanol–water partition coefficient (Wildman–Crippen LogP) is 3.72. The lowest BCUT2D eigenvalue weighted by molar-refractivity contribution is 0.275. The minimum Gasteiger partial charge on any atom is -0.507 e. The van der Waals surface area contributed by atoms with Crippen LogP contribution in [-0.4, -0.2) is 11.7 Å². The van der Waals surface area contributed by atoms with E-state index >= 15 is 0 Å². The Morgan fingerprint density at radius 2 is 1.72 bits per heavy atom. The molecule has 1 aromatic rings. The van der Waals surface area contributed by atoms with Crippen molar-refractivity contribution in [3.63, 3.8) is 0 Å². The van der Waals surface area contributed by atoms with Gasteiger partial charge in [-0.25, -0.2) is 0 Å². The third-order valence-corrected chi connectivity index (χ3v) is 3.73. The fraction of sp³-hybridized carbons (Fsp3) is 0.625. The highest BCUT2D eigenvalue weighted by molar-refractivity contribution is 5.39. The number of nitrogens with one attached hydrogen (secondary N) is 1. The molecule has 2 nitrogen and oxygen atoms in total. The quantitative estimate of drug-likeness (QED) is 0.805. The van der Waals surface area contributed by atoms with Crippen molar-refractivity contribution in [1.82, 2.24) is 5.32 Å². The van der Waals surface area contributed by atoms with Gasteiger partial charge >= 0.3 is 0 Å². The first-order chi connectivity index (χ1) is 8.43. The summed E-state index contributed by atoms with van der Waals surface area (Å²) in [7, 11) is 0. The Balaban J connectivity index is 2.53. The van der Waals surface area contributed by atoms with E-state index in [1.54, 1.807) is 0 Å². The molecule has 0 saturated carbocycles. The zero-order chi connectivity index (χ0) is 13.7. The molecule has 0 aliphatic heterocycles. The molecule has 0 radical (unpaired) electrons. The van der Waals surface area contributed by atoms with Gasteiger partial charge in [-0.15, -0.1) is 0 Å². The van der Waals surface area contributed by atoms with Gasteiger partial charge < -0.3 is 10.4 Å². The van der Waals surface area contributed by atoms with E-state index in [9.17, 15) is 5.11 Å². The van der Waals surface area contributed by atoms with Gasteiger partial charge in [-0.2, -0.15) is 0 Å². The van der Waals surface area contributed by atoms with Crippen LogP contribution < -0.4 is 5.32 Å². The van der Waals surface area contributed by atoms with Crippen LogP contribution in [0.5, 0.6) is 5.75 Å². The zero-order valence-corrected chi connectivity index (χ0v) is 12.3. The van der Waals surface area contributed by atoms with Crippen molar-refractivity contribution < 1.29 is 5.11 Å². The molecule has 0 unspecified atom stereocenters. The van der Waals surface area contributed by atoms with Crippen LogP contribution in [0.2, 0.25) is 0 Å². The minimum absolute atomic E-state index is 0.427. The van der Waals surface area contributed by atoms with Gasteiger partial charge in [0.1, 0.15) is 5.75 Å². The van der Waals surface area contributed by atoms with Crippen LogP contribution in [0.25, 0.3) is 0 Å². The van der Waals surface area contributed by atoms with E-state index in [2.05, 4.69) is 33.0 Å². The molecule has 0 heterocycles. The van der Waals surface area contributed by atoms with Crippen molar-refractivity contribution in [2.75, 3.05) is 6.54 Å². The first-order valence-corrected chi connectivity index (χ1v) is 6.91. The van der Waals surface area contributed by atoms with Crippen LogP contribution in [-0.2, 0) is 6.54 Å². The Kier molecular flexibility index (Phi) is 5.67. The number of hydrogen-bond donors (Lipinski definition) is 2. The van der Waals surface area contributed by atoms with Crippen LogP contribution in [0.1, 0.15) is 38.8 Å². The number of rotatable bonds is 6. The molecule has 0 bridgehead atoms. The molecule has 0 saturated heterocycles. The third-order valence-electron chi connectivity index (χ3n) is 3.73. The summed E-state index contributed by atoms with van der Waals surface area (Å²) < 4.78 is 0. The smallest absolute Gasteiger partial charge is 0.122 e. The third kappa shape index (κ3) is 4.02. The second-order valence-electron chi connectivity index (χ2n) is 5.87. The Labute approximate surface area is 111 Å². The monoisotopic (exact) mass is 249 g/mol. The first kappa shape index (κ1) is 15.0. The van der Waals surface area contributed by atoms with Crippen LogP contribution >= 0.6 is 0 Å². The Hall–Kier alpha value is -1.02. The zero-order valence-electron chi connectivity index (χ0n) is 12.3. The fourth-order valence-electron chi connectivity index (χ4n) is 2.48. The summed E-state index contributed by atoms with van der Waals surface area (Å²) in [5, 5.41) is 13.4. The van der Waals surface area contributed by atoms with Gasteiger partial charge in [-0.05, 0) is 36.8 Å². The van der Waals surface area contributed by atoms with E-state index in [1.807, 2.05) is 25.1 Å². The second kappa shape index (κ2) is 6.79. The molecule has 1 rings (SSSR count). The number of phenolic OH excluding ortho intramolecular Hbond substituents is 1. The maximum absolute atomic E-state index is 9.94. The van der Waals surface area contributed by atoms with Crippen LogP contribution in [0.15, 0.2) is 18.2 Å². The summed E-state index contributed by atoms with van der Waals surface area (Å²) in [6.07, 6.45) is 0. The normalized spacial score (nSPS) is 11.8. The summed E-state index contributed by atoms with van der Waals surface area (Å²) in [6, 6.07) is 5.91. The highest BCUT2D eigenvalue weighted by Crippen LogP contribution is 2.22. The molecule has 2 heteroatoms. The van der Waals surface area contributed by atoms with Crippen molar-refractivity contribution in [2.45, 2.75) is 41.2 Å². The summed E-state index contributed by atoms with van der Waals surface area (Å²) in [5.41, 5.74) is 1.93. The molecule has 0 aliphatic rings. The van der Waals surface area contributed by atoms with E-state index in [0.29, 0.717) is 23.5 Å². The number of aromatic hydroxyl groups is 1. The van der Waals surface area contributed by atoms with Crippen LogP contribution in [0.4, 0.5) is 0 Å². The molecular weight excluding hydrogens is 222 g/mol. The molecule has 0 fully saturated rings. The SMILES string of the molecule is Cc1cccc(CNCC(C(C)C)C(C)C)c1O. The number of benzene rings is 1. The van der Waals surface area contributed by atoms with Gasteiger partial charge in [0.15, 0.2) is 0 Å². The number of hydrogen-bond acceptors (Lipinski definition) is 2. The van der Waals surface area contributed by atoms with Crippen molar-refractivity contribution in [2.24, 2.45) is 17.8 Å². The maximum atomic E-state index is 9.94. The standard InChI is InChI=1S/C16H27NO/c1-11(2)15(12(3)4)10-17-9-14-8-6-7-13(5)16(14)18/h6-8,11-12,15,17-18H,9-10H2,1-5H3. The van der Waals surface area contributed by atoms with Gasteiger partial charge in [-0.3, -0.25) is 0 Å². The second-order valence-corrected chi connectivity index (χ2v) is 5.87. The number of aryl methyl sites for hydroxylation is 1. The van der Waals surface area contributed by atoms with E-state index < -0.39 is 0 Å².